The molecule has 0 aromatic carbocycles. The molecule has 2 saturated heterocycles. The summed E-state index contributed by atoms with van der Waals surface area (Å²) in [6.45, 7) is 3.67. The van der Waals surface area contributed by atoms with Gasteiger partial charge in [-0.05, 0) is 49.8 Å². The molecule has 1 atom stereocenters. The first-order valence-electron chi connectivity index (χ1n) is 7.82. The summed E-state index contributed by atoms with van der Waals surface area (Å²) < 4.78 is 5.89. The van der Waals surface area contributed by atoms with E-state index >= 15 is 0 Å². The summed E-state index contributed by atoms with van der Waals surface area (Å²) in [7, 11) is 0. The second-order valence-corrected chi connectivity index (χ2v) is 6.30. The van der Waals surface area contributed by atoms with E-state index in [2.05, 4.69) is 20.8 Å². The number of nitrogens with one attached hydrogen (secondary N) is 3. The summed E-state index contributed by atoms with van der Waals surface area (Å²) in [5.41, 5.74) is 1.42. The summed E-state index contributed by atoms with van der Waals surface area (Å²) in [5, 5.41) is 13.0. The molecule has 3 heterocycles. The first-order chi connectivity index (χ1) is 10.3. The normalized spacial score (nSPS) is 24.3. The van der Waals surface area contributed by atoms with Gasteiger partial charge in [0.15, 0.2) is 0 Å². The number of ether oxygens (including phenoxy) is 1. The molecule has 1 aromatic rings. The molecule has 0 bridgehead atoms. The summed E-state index contributed by atoms with van der Waals surface area (Å²) >= 11 is 0. The fourth-order valence-electron chi connectivity index (χ4n) is 3.32. The number of carbonyl (C=O) groups excluding carboxylic acids is 1. The Morgan fingerprint density at radius 1 is 1.48 bits per heavy atom. The number of hydrogen-bond acceptors (Lipinski definition) is 4. The van der Waals surface area contributed by atoms with Crippen LogP contribution in [-0.4, -0.2) is 48.4 Å². The predicted molar refractivity (Wildman–Crippen MR) is 78.8 cm³/mol. The maximum Gasteiger partial charge on any atom is 0.220 e. The van der Waals surface area contributed by atoms with E-state index in [1.165, 1.54) is 12.8 Å². The Balaban J connectivity index is 1.36. The third kappa shape index (κ3) is 3.83. The van der Waals surface area contributed by atoms with Gasteiger partial charge < -0.3 is 15.4 Å². The zero-order valence-corrected chi connectivity index (χ0v) is 12.4. The third-order valence-corrected chi connectivity index (χ3v) is 4.67. The molecular weight excluding hydrogens is 268 g/mol. The number of piperidine rings is 1. The first-order valence-corrected chi connectivity index (χ1v) is 7.82. The van der Waals surface area contributed by atoms with Gasteiger partial charge in [0.2, 0.25) is 5.91 Å². The number of rotatable bonds is 5. The van der Waals surface area contributed by atoms with E-state index in [0.717, 1.165) is 38.1 Å². The maximum atomic E-state index is 11.9. The Kier molecular flexibility index (Phi) is 4.55. The quantitative estimate of drug-likeness (QED) is 0.743. The van der Waals surface area contributed by atoms with Crippen molar-refractivity contribution in [3.8, 4) is 0 Å². The van der Waals surface area contributed by atoms with Gasteiger partial charge in [0, 0.05) is 19.2 Å². The van der Waals surface area contributed by atoms with E-state index in [1.54, 1.807) is 6.20 Å². The van der Waals surface area contributed by atoms with E-state index in [4.69, 9.17) is 4.74 Å². The average molecular weight is 292 g/mol. The summed E-state index contributed by atoms with van der Waals surface area (Å²) in [4.78, 5) is 11.9. The van der Waals surface area contributed by atoms with Crippen LogP contribution in [0.2, 0.25) is 0 Å². The summed E-state index contributed by atoms with van der Waals surface area (Å²) in [6, 6.07) is 0. The Hall–Kier alpha value is -1.40. The number of amides is 1. The number of aromatic nitrogens is 2. The summed E-state index contributed by atoms with van der Waals surface area (Å²) in [6.07, 6.45) is 8.46. The second-order valence-electron chi connectivity index (χ2n) is 6.30. The van der Waals surface area contributed by atoms with Crippen LogP contribution in [0.1, 0.15) is 31.2 Å². The van der Waals surface area contributed by atoms with Gasteiger partial charge in [-0.15, -0.1) is 0 Å². The molecule has 116 valence electrons. The number of aromatic amines is 1. The monoisotopic (exact) mass is 292 g/mol. The van der Waals surface area contributed by atoms with Crippen molar-refractivity contribution in [3.63, 3.8) is 0 Å². The number of hydrogen-bond donors (Lipinski definition) is 3. The van der Waals surface area contributed by atoms with Crippen LogP contribution >= 0.6 is 0 Å². The van der Waals surface area contributed by atoms with E-state index in [1.807, 2.05) is 6.20 Å². The fraction of sp³-hybridized carbons (Fsp3) is 0.733. The fourth-order valence-corrected chi connectivity index (χ4v) is 3.32. The minimum Gasteiger partial charge on any atom is -0.376 e. The number of aryl methyl sites for hydroxylation is 1. The van der Waals surface area contributed by atoms with Crippen molar-refractivity contribution in [2.45, 2.75) is 38.2 Å². The lowest BCUT2D eigenvalue weighted by molar-refractivity contribution is -0.121. The van der Waals surface area contributed by atoms with Gasteiger partial charge in [0.1, 0.15) is 0 Å². The topological polar surface area (TPSA) is 79.0 Å². The number of nitrogens with zero attached hydrogens (tertiary/aromatic N) is 1. The smallest absolute Gasteiger partial charge is 0.220 e. The van der Waals surface area contributed by atoms with Gasteiger partial charge >= 0.3 is 0 Å². The molecule has 1 spiro atoms. The Morgan fingerprint density at radius 3 is 3.10 bits per heavy atom. The molecule has 2 fully saturated rings. The molecule has 1 aromatic heterocycles. The Morgan fingerprint density at radius 2 is 2.33 bits per heavy atom. The molecule has 0 aliphatic carbocycles. The predicted octanol–water partition coefficient (Wildman–Crippen LogP) is 0.617. The number of H-pyrrole nitrogens is 1. The highest BCUT2D eigenvalue weighted by Crippen LogP contribution is 2.40. The van der Waals surface area contributed by atoms with Crippen LogP contribution in [0.25, 0.3) is 0 Å². The van der Waals surface area contributed by atoms with Gasteiger partial charge in [-0.25, -0.2) is 0 Å². The van der Waals surface area contributed by atoms with Crippen LogP contribution < -0.4 is 10.6 Å². The highest BCUT2D eigenvalue weighted by molar-refractivity contribution is 5.76. The van der Waals surface area contributed by atoms with Gasteiger partial charge in [-0.2, -0.15) is 5.10 Å². The van der Waals surface area contributed by atoms with Gasteiger partial charge in [0.25, 0.3) is 0 Å². The van der Waals surface area contributed by atoms with Crippen LogP contribution in [0, 0.1) is 5.41 Å². The molecule has 3 N–H and O–H groups in total. The number of carbonyl (C=O) groups is 1. The van der Waals surface area contributed by atoms with Crippen molar-refractivity contribution in [2.24, 2.45) is 5.41 Å². The largest absolute Gasteiger partial charge is 0.376 e. The van der Waals surface area contributed by atoms with Crippen molar-refractivity contribution < 1.29 is 9.53 Å². The van der Waals surface area contributed by atoms with Crippen molar-refractivity contribution in [1.29, 1.82) is 0 Å². The van der Waals surface area contributed by atoms with Crippen molar-refractivity contribution in [2.75, 3.05) is 26.2 Å². The van der Waals surface area contributed by atoms with Crippen LogP contribution in [0.5, 0.6) is 0 Å². The molecule has 1 amide bonds. The minimum atomic E-state index is 0.0889. The highest BCUT2D eigenvalue weighted by Gasteiger charge is 2.40. The van der Waals surface area contributed by atoms with E-state index in [0.29, 0.717) is 18.4 Å². The minimum absolute atomic E-state index is 0.0889. The molecular formula is C15H24N4O2. The SMILES string of the molecule is O=C(CCc1cn[nH]c1)NCC1CC2(CCNCC2)CO1. The van der Waals surface area contributed by atoms with Crippen LogP contribution in [0.3, 0.4) is 0 Å². The Bertz CT molecular complexity index is 454. The van der Waals surface area contributed by atoms with Crippen molar-refractivity contribution in [3.05, 3.63) is 18.0 Å². The molecule has 0 saturated carbocycles. The molecule has 0 radical (unpaired) electrons. The van der Waals surface area contributed by atoms with E-state index in [-0.39, 0.29) is 12.0 Å². The highest BCUT2D eigenvalue weighted by atomic mass is 16.5. The van der Waals surface area contributed by atoms with E-state index in [9.17, 15) is 4.79 Å². The summed E-state index contributed by atoms with van der Waals surface area (Å²) in [5.74, 6) is 0.0889. The molecule has 6 heteroatoms. The lowest BCUT2D eigenvalue weighted by Crippen LogP contribution is -2.38. The molecule has 6 nitrogen and oxygen atoms in total. The molecule has 1 unspecified atom stereocenters. The molecule has 2 aliphatic rings. The Labute approximate surface area is 125 Å². The van der Waals surface area contributed by atoms with Crippen LogP contribution in [0.15, 0.2) is 12.4 Å². The average Bonchev–Trinajstić information content (AvgIpc) is 3.14. The molecule has 21 heavy (non-hydrogen) atoms. The van der Waals surface area contributed by atoms with Gasteiger partial charge in [0.05, 0.1) is 18.9 Å². The lowest BCUT2D eigenvalue weighted by Gasteiger charge is -2.32. The van der Waals surface area contributed by atoms with Crippen molar-refractivity contribution >= 4 is 5.91 Å². The maximum absolute atomic E-state index is 11.9. The third-order valence-electron chi connectivity index (χ3n) is 4.67. The second kappa shape index (κ2) is 6.58. The lowest BCUT2D eigenvalue weighted by atomic mass is 9.77. The van der Waals surface area contributed by atoms with Crippen LogP contribution in [-0.2, 0) is 16.0 Å². The van der Waals surface area contributed by atoms with Crippen molar-refractivity contribution in [1.82, 2.24) is 20.8 Å². The van der Waals surface area contributed by atoms with Crippen LogP contribution in [0.4, 0.5) is 0 Å². The standard InChI is InChI=1S/C15H24N4O2/c20-14(2-1-12-8-18-19-9-12)17-10-13-7-15(11-21-13)3-5-16-6-4-15/h8-9,13,16H,1-7,10-11H2,(H,17,20)(H,18,19). The zero-order chi connectivity index (χ0) is 14.5. The van der Waals surface area contributed by atoms with E-state index < -0.39 is 0 Å². The zero-order valence-electron chi connectivity index (χ0n) is 12.4. The van der Waals surface area contributed by atoms with Gasteiger partial charge in [-0.1, -0.05) is 0 Å². The first kappa shape index (κ1) is 14.5. The van der Waals surface area contributed by atoms with Gasteiger partial charge in [-0.3, -0.25) is 9.89 Å². The molecule has 3 rings (SSSR count). The molecule has 2 aliphatic heterocycles.